The second-order valence-corrected chi connectivity index (χ2v) is 10.9. The highest BCUT2D eigenvalue weighted by Gasteiger charge is 2.46. The average molecular weight is 650 g/mol. The van der Waals surface area contributed by atoms with E-state index in [9.17, 15) is 35.9 Å². The fourth-order valence-electron chi connectivity index (χ4n) is 5.30. The van der Waals surface area contributed by atoms with Gasteiger partial charge in [0, 0.05) is 12.6 Å². The van der Waals surface area contributed by atoms with Crippen molar-refractivity contribution in [1.82, 2.24) is 4.90 Å². The van der Waals surface area contributed by atoms with Gasteiger partial charge < -0.3 is 14.2 Å². The van der Waals surface area contributed by atoms with Crippen LogP contribution in [0.1, 0.15) is 60.6 Å². The van der Waals surface area contributed by atoms with Gasteiger partial charge in [-0.1, -0.05) is 60.7 Å². The van der Waals surface area contributed by atoms with Crippen LogP contribution >= 0.6 is 0 Å². The van der Waals surface area contributed by atoms with E-state index in [-0.39, 0.29) is 44.4 Å². The highest BCUT2D eigenvalue weighted by molar-refractivity contribution is 5.83. The van der Waals surface area contributed by atoms with Crippen molar-refractivity contribution in [2.45, 2.75) is 57.3 Å². The number of carbonyl (C=O) groups excluding carboxylic acids is 2. The molecule has 1 aliphatic rings. The molecule has 246 valence electrons. The zero-order valence-electron chi connectivity index (χ0n) is 25.2. The Morgan fingerprint density at radius 2 is 1.48 bits per heavy atom. The number of piperidine rings is 1. The summed E-state index contributed by atoms with van der Waals surface area (Å²) >= 11 is 0. The zero-order valence-corrected chi connectivity index (χ0v) is 25.2. The van der Waals surface area contributed by atoms with Gasteiger partial charge in [0.1, 0.15) is 6.61 Å². The van der Waals surface area contributed by atoms with Crippen molar-refractivity contribution in [2.75, 3.05) is 19.8 Å². The lowest BCUT2D eigenvalue weighted by Gasteiger charge is -2.47. The number of hydrogen-bond donors (Lipinski definition) is 0. The molecule has 1 fully saturated rings. The predicted molar refractivity (Wildman–Crippen MR) is 156 cm³/mol. The SMILES string of the molecule is CCOC(=O)C=C1CC[C@@](COC(C)c2cc(C(F)(F)F)cc(C(F)(F)F)c2)(c2ccccc2)N(C(=O)OCc2ccccc2)C1. The summed E-state index contributed by atoms with van der Waals surface area (Å²) in [6, 6.07) is 19.0. The summed E-state index contributed by atoms with van der Waals surface area (Å²) in [4.78, 5) is 27.5. The normalized spacial score (nSPS) is 18.7. The number of carbonyl (C=O) groups is 2. The molecule has 4 rings (SSSR count). The fraction of sp³-hybridized carbons (Fsp3) is 0.353. The van der Waals surface area contributed by atoms with E-state index >= 15 is 0 Å². The fourth-order valence-corrected chi connectivity index (χ4v) is 5.30. The van der Waals surface area contributed by atoms with Gasteiger partial charge in [-0.2, -0.15) is 26.3 Å². The Hall–Kier alpha value is -4.32. The Morgan fingerprint density at radius 3 is 2.04 bits per heavy atom. The lowest BCUT2D eigenvalue weighted by atomic mass is 9.79. The summed E-state index contributed by atoms with van der Waals surface area (Å²) in [7, 11) is 0. The number of benzene rings is 3. The second-order valence-electron chi connectivity index (χ2n) is 10.9. The van der Waals surface area contributed by atoms with E-state index < -0.39 is 47.2 Å². The molecule has 12 heteroatoms. The Kier molecular flexibility index (Phi) is 10.8. The number of ether oxygens (including phenoxy) is 3. The van der Waals surface area contributed by atoms with Gasteiger partial charge >= 0.3 is 24.4 Å². The van der Waals surface area contributed by atoms with Crippen LogP contribution in [0.25, 0.3) is 0 Å². The first-order valence-electron chi connectivity index (χ1n) is 14.5. The van der Waals surface area contributed by atoms with Crippen molar-refractivity contribution in [3.63, 3.8) is 0 Å². The van der Waals surface area contributed by atoms with Crippen molar-refractivity contribution >= 4 is 12.1 Å². The standard InChI is InChI=1S/C34H33F6NO5/c1-3-44-30(42)16-25-14-15-32(27-12-8-5-9-13-27,41(20-25)31(43)45-21-24-10-6-4-7-11-24)22-46-23(2)26-17-28(33(35,36)37)19-29(18-26)34(38,39)40/h4-13,16-19,23H,3,14-15,20-22H2,1-2H3/t23?,32-/m1/s1. The molecule has 1 amide bonds. The third kappa shape index (κ3) is 8.48. The molecule has 1 heterocycles. The number of alkyl halides is 6. The van der Waals surface area contributed by atoms with Gasteiger partial charge in [0.25, 0.3) is 0 Å². The molecule has 0 aliphatic carbocycles. The number of esters is 1. The van der Waals surface area contributed by atoms with Crippen LogP contribution in [0.15, 0.2) is 90.5 Å². The van der Waals surface area contributed by atoms with Gasteiger partial charge in [0.05, 0.1) is 36.0 Å². The van der Waals surface area contributed by atoms with E-state index in [0.29, 0.717) is 29.7 Å². The molecule has 1 aliphatic heterocycles. The Balaban J connectivity index is 1.71. The molecule has 0 radical (unpaired) electrons. The summed E-state index contributed by atoms with van der Waals surface area (Å²) in [5.41, 5.74) is -2.61. The molecule has 2 atom stereocenters. The molecular weight excluding hydrogens is 616 g/mol. The highest BCUT2D eigenvalue weighted by Crippen LogP contribution is 2.42. The van der Waals surface area contributed by atoms with Crippen molar-refractivity contribution < 1.29 is 50.1 Å². The second kappa shape index (κ2) is 14.4. The molecule has 3 aromatic rings. The molecule has 0 saturated carbocycles. The molecular formula is C34H33F6NO5. The van der Waals surface area contributed by atoms with Gasteiger partial charge in [-0.05, 0) is 67.2 Å². The molecule has 1 saturated heterocycles. The van der Waals surface area contributed by atoms with E-state index in [1.54, 1.807) is 61.5 Å². The molecule has 6 nitrogen and oxygen atoms in total. The summed E-state index contributed by atoms with van der Waals surface area (Å²) in [5, 5.41) is 0. The van der Waals surface area contributed by atoms with Gasteiger partial charge in [-0.3, -0.25) is 4.90 Å². The average Bonchev–Trinajstić information content (AvgIpc) is 3.03. The van der Waals surface area contributed by atoms with E-state index in [1.165, 1.54) is 17.9 Å². The quantitative estimate of drug-likeness (QED) is 0.132. The summed E-state index contributed by atoms with van der Waals surface area (Å²) < 4.78 is 98.2. The van der Waals surface area contributed by atoms with Crippen molar-refractivity contribution in [3.8, 4) is 0 Å². The smallest absolute Gasteiger partial charge is 0.416 e. The third-order valence-electron chi connectivity index (χ3n) is 7.73. The maximum absolute atomic E-state index is 13.8. The van der Waals surface area contributed by atoms with Crippen LogP contribution < -0.4 is 0 Å². The van der Waals surface area contributed by atoms with E-state index in [0.717, 1.165) is 5.56 Å². The van der Waals surface area contributed by atoms with Gasteiger partial charge in [-0.25, -0.2) is 9.59 Å². The number of likely N-dealkylation sites (tertiary alicyclic amines) is 1. The Bertz CT molecular complexity index is 1490. The molecule has 3 aromatic carbocycles. The topological polar surface area (TPSA) is 65.1 Å². The van der Waals surface area contributed by atoms with Crippen LogP contribution in [0.3, 0.4) is 0 Å². The van der Waals surface area contributed by atoms with Gasteiger partial charge in [-0.15, -0.1) is 0 Å². The Morgan fingerprint density at radius 1 is 0.891 bits per heavy atom. The first-order chi connectivity index (χ1) is 21.7. The van der Waals surface area contributed by atoms with Crippen molar-refractivity contribution in [3.05, 3.63) is 118 Å². The lowest BCUT2D eigenvalue weighted by Crippen LogP contribution is -2.56. The molecule has 0 N–H and O–H groups in total. The van der Waals surface area contributed by atoms with Crippen LogP contribution in [0.4, 0.5) is 31.1 Å². The van der Waals surface area contributed by atoms with E-state index in [2.05, 4.69) is 0 Å². The molecule has 0 aromatic heterocycles. The van der Waals surface area contributed by atoms with Crippen molar-refractivity contribution in [1.29, 1.82) is 0 Å². The molecule has 1 unspecified atom stereocenters. The van der Waals surface area contributed by atoms with Crippen LogP contribution in [0, 0.1) is 0 Å². The number of amides is 1. The molecule has 0 bridgehead atoms. The maximum Gasteiger partial charge on any atom is 0.416 e. The molecule has 0 spiro atoms. The number of hydrogen-bond acceptors (Lipinski definition) is 5. The number of halogens is 6. The zero-order chi connectivity index (χ0) is 33.5. The predicted octanol–water partition coefficient (Wildman–Crippen LogP) is 8.62. The van der Waals surface area contributed by atoms with Gasteiger partial charge in [0.2, 0.25) is 0 Å². The van der Waals surface area contributed by atoms with Crippen LogP contribution in [-0.2, 0) is 43.5 Å². The van der Waals surface area contributed by atoms with E-state index in [1.807, 2.05) is 6.07 Å². The van der Waals surface area contributed by atoms with Crippen molar-refractivity contribution in [2.24, 2.45) is 0 Å². The minimum absolute atomic E-state index is 0.0602. The monoisotopic (exact) mass is 649 g/mol. The highest BCUT2D eigenvalue weighted by atomic mass is 19.4. The maximum atomic E-state index is 13.8. The Labute approximate surface area is 262 Å². The third-order valence-corrected chi connectivity index (χ3v) is 7.73. The summed E-state index contributed by atoms with van der Waals surface area (Å²) in [6.45, 7) is 2.72. The minimum Gasteiger partial charge on any atom is -0.463 e. The van der Waals surface area contributed by atoms with Gasteiger partial charge in [0.15, 0.2) is 0 Å². The summed E-state index contributed by atoms with van der Waals surface area (Å²) in [6.07, 6.45) is -10.2. The van der Waals surface area contributed by atoms with Crippen LogP contribution in [-0.4, -0.2) is 36.7 Å². The first kappa shape index (κ1) is 34.6. The van der Waals surface area contributed by atoms with Crippen LogP contribution in [0.5, 0.6) is 0 Å². The number of rotatable bonds is 9. The van der Waals surface area contributed by atoms with Crippen LogP contribution in [0.2, 0.25) is 0 Å². The minimum atomic E-state index is -5.02. The largest absolute Gasteiger partial charge is 0.463 e. The molecule has 46 heavy (non-hydrogen) atoms. The first-order valence-corrected chi connectivity index (χ1v) is 14.5. The lowest BCUT2D eigenvalue weighted by molar-refractivity contribution is -0.143. The summed E-state index contributed by atoms with van der Waals surface area (Å²) in [5.74, 6) is -0.586. The van der Waals surface area contributed by atoms with E-state index in [4.69, 9.17) is 14.2 Å². The number of nitrogens with zero attached hydrogens (tertiary/aromatic N) is 1.